The van der Waals surface area contributed by atoms with E-state index in [2.05, 4.69) is 53.8 Å². The third-order valence-electron chi connectivity index (χ3n) is 6.13. The van der Waals surface area contributed by atoms with Gasteiger partial charge < -0.3 is 10.1 Å². The van der Waals surface area contributed by atoms with Crippen molar-refractivity contribution in [2.24, 2.45) is 11.3 Å². The van der Waals surface area contributed by atoms with Crippen LogP contribution in [0, 0.1) is 11.3 Å². The molecule has 0 aromatic heterocycles. The van der Waals surface area contributed by atoms with Crippen molar-refractivity contribution in [3.63, 3.8) is 0 Å². The Balaban J connectivity index is 1.36. The number of hydrogen-bond donors (Lipinski definition) is 1. The maximum atomic E-state index is 12.6. The van der Waals surface area contributed by atoms with Crippen LogP contribution in [0.2, 0.25) is 0 Å². The van der Waals surface area contributed by atoms with Crippen LogP contribution in [0.25, 0.3) is 0 Å². The average molecular weight is 349 g/mol. The molecule has 2 fully saturated rings. The van der Waals surface area contributed by atoms with E-state index in [-0.39, 0.29) is 17.2 Å². The molecule has 136 valence electrons. The third-order valence-corrected chi connectivity index (χ3v) is 6.13. The zero-order chi connectivity index (χ0) is 17.8. The SMILES string of the molecule is O=C(NCCC(c1ccccc1)c1ccccc1)C1CC12CCOCC2. The van der Waals surface area contributed by atoms with Gasteiger partial charge in [-0.05, 0) is 42.2 Å². The molecule has 1 spiro atoms. The topological polar surface area (TPSA) is 38.3 Å². The molecule has 1 atom stereocenters. The number of carbonyl (C=O) groups excluding carboxylic acids is 1. The summed E-state index contributed by atoms with van der Waals surface area (Å²) < 4.78 is 5.45. The van der Waals surface area contributed by atoms with Crippen LogP contribution in [0.4, 0.5) is 0 Å². The van der Waals surface area contributed by atoms with Crippen LogP contribution in [-0.2, 0) is 9.53 Å². The zero-order valence-corrected chi connectivity index (χ0v) is 15.2. The van der Waals surface area contributed by atoms with Gasteiger partial charge in [0.2, 0.25) is 5.91 Å². The van der Waals surface area contributed by atoms with E-state index >= 15 is 0 Å². The molecule has 1 saturated carbocycles. The molecule has 1 saturated heterocycles. The van der Waals surface area contributed by atoms with E-state index in [1.807, 2.05) is 12.1 Å². The van der Waals surface area contributed by atoms with Crippen LogP contribution in [-0.4, -0.2) is 25.7 Å². The first-order chi connectivity index (χ1) is 12.8. The lowest BCUT2D eigenvalue weighted by molar-refractivity contribution is -0.123. The molecule has 3 heteroatoms. The van der Waals surface area contributed by atoms with Crippen molar-refractivity contribution in [3.05, 3.63) is 71.8 Å². The summed E-state index contributed by atoms with van der Waals surface area (Å²) >= 11 is 0. The van der Waals surface area contributed by atoms with Crippen LogP contribution in [0.15, 0.2) is 60.7 Å². The number of nitrogens with one attached hydrogen (secondary N) is 1. The highest BCUT2D eigenvalue weighted by atomic mass is 16.5. The molecule has 2 aromatic carbocycles. The highest BCUT2D eigenvalue weighted by Crippen LogP contribution is 2.59. The van der Waals surface area contributed by atoms with E-state index < -0.39 is 0 Å². The van der Waals surface area contributed by atoms with Crippen molar-refractivity contribution in [1.82, 2.24) is 5.32 Å². The first kappa shape index (κ1) is 17.3. The van der Waals surface area contributed by atoms with Crippen LogP contribution < -0.4 is 5.32 Å². The number of rotatable bonds is 6. The monoisotopic (exact) mass is 349 g/mol. The second-order valence-electron chi connectivity index (χ2n) is 7.69. The summed E-state index contributed by atoms with van der Waals surface area (Å²) in [5.74, 6) is 0.763. The van der Waals surface area contributed by atoms with Gasteiger partial charge in [-0.1, -0.05) is 60.7 Å². The van der Waals surface area contributed by atoms with Gasteiger partial charge in [-0.15, -0.1) is 0 Å². The highest BCUT2D eigenvalue weighted by molar-refractivity contribution is 5.82. The van der Waals surface area contributed by atoms with Gasteiger partial charge in [0.05, 0.1) is 0 Å². The first-order valence-corrected chi connectivity index (χ1v) is 9.74. The maximum Gasteiger partial charge on any atom is 0.223 e. The van der Waals surface area contributed by atoms with Gasteiger partial charge in [0.15, 0.2) is 0 Å². The lowest BCUT2D eigenvalue weighted by Crippen LogP contribution is -2.31. The summed E-state index contributed by atoms with van der Waals surface area (Å²) in [6.07, 6.45) is 4.05. The molecular formula is C23H27NO2. The molecule has 4 rings (SSSR count). The van der Waals surface area contributed by atoms with Gasteiger partial charge in [0.25, 0.3) is 0 Å². The molecule has 26 heavy (non-hydrogen) atoms. The largest absolute Gasteiger partial charge is 0.381 e. The van der Waals surface area contributed by atoms with Gasteiger partial charge >= 0.3 is 0 Å². The second-order valence-corrected chi connectivity index (χ2v) is 7.69. The standard InChI is InChI=1S/C23H27NO2/c25-22(21-17-23(21)12-15-26-16-13-23)24-14-11-20(18-7-3-1-4-8-18)19-9-5-2-6-10-19/h1-10,20-21H,11-17H2,(H,24,25). The summed E-state index contributed by atoms with van der Waals surface area (Å²) in [6, 6.07) is 21.2. The molecule has 2 aliphatic rings. The maximum absolute atomic E-state index is 12.6. The predicted molar refractivity (Wildman–Crippen MR) is 103 cm³/mol. The molecule has 2 aromatic rings. The third kappa shape index (κ3) is 3.68. The van der Waals surface area contributed by atoms with Crippen molar-refractivity contribution >= 4 is 5.91 Å². The predicted octanol–water partition coefficient (Wildman–Crippen LogP) is 4.14. The smallest absolute Gasteiger partial charge is 0.223 e. The van der Waals surface area contributed by atoms with Crippen molar-refractivity contribution in [1.29, 1.82) is 0 Å². The minimum Gasteiger partial charge on any atom is -0.381 e. The lowest BCUT2D eigenvalue weighted by atomic mass is 9.88. The summed E-state index contributed by atoms with van der Waals surface area (Å²) in [7, 11) is 0. The summed E-state index contributed by atoms with van der Waals surface area (Å²) in [5, 5.41) is 3.21. The Morgan fingerprint density at radius 3 is 2.15 bits per heavy atom. The van der Waals surface area contributed by atoms with E-state index in [0.717, 1.165) is 45.4 Å². The van der Waals surface area contributed by atoms with Crippen molar-refractivity contribution in [2.45, 2.75) is 31.6 Å². The molecule has 0 radical (unpaired) electrons. The van der Waals surface area contributed by atoms with Gasteiger partial charge in [0.1, 0.15) is 0 Å². The van der Waals surface area contributed by atoms with Gasteiger partial charge in [-0.25, -0.2) is 0 Å². The molecule has 3 nitrogen and oxygen atoms in total. The number of ether oxygens (including phenoxy) is 1. The van der Waals surface area contributed by atoms with Crippen LogP contribution in [0.5, 0.6) is 0 Å². The quantitative estimate of drug-likeness (QED) is 0.851. The Hall–Kier alpha value is -2.13. The lowest BCUT2D eigenvalue weighted by Gasteiger charge is -2.23. The molecule has 1 N–H and O–H groups in total. The van der Waals surface area contributed by atoms with Crippen LogP contribution >= 0.6 is 0 Å². The fourth-order valence-corrected chi connectivity index (χ4v) is 4.41. The van der Waals surface area contributed by atoms with Gasteiger partial charge in [-0.2, -0.15) is 0 Å². The van der Waals surface area contributed by atoms with Crippen molar-refractivity contribution in [3.8, 4) is 0 Å². The Kier molecular flexibility index (Phi) is 5.07. The molecular weight excluding hydrogens is 322 g/mol. The summed E-state index contributed by atoms with van der Waals surface area (Å²) in [5.41, 5.74) is 2.86. The van der Waals surface area contributed by atoms with E-state index in [0.29, 0.717) is 5.92 Å². The summed E-state index contributed by atoms with van der Waals surface area (Å²) in [6.45, 7) is 2.35. The van der Waals surface area contributed by atoms with Crippen LogP contribution in [0.1, 0.15) is 42.7 Å². The molecule has 1 heterocycles. The minimum atomic E-state index is 0.207. The molecule has 1 amide bonds. The first-order valence-electron chi connectivity index (χ1n) is 9.74. The number of amides is 1. The molecule has 1 aliphatic carbocycles. The van der Waals surface area contributed by atoms with Gasteiger partial charge in [0, 0.05) is 31.6 Å². The number of benzene rings is 2. The molecule has 1 unspecified atom stereocenters. The fraction of sp³-hybridized carbons (Fsp3) is 0.435. The van der Waals surface area contributed by atoms with Crippen molar-refractivity contribution < 1.29 is 9.53 Å². The van der Waals surface area contributed by atoms with Crippen molar-refractivity contribution in [2.75, 3.05) is 19.8 Å². The molecule has 1 aliphatic heterocycles. The molecule has 0 bridgehead atoms. The second kappa shape index (κ2) is 7.63. The average Bonchev–Trinajstić information content (AvgIpc) is 3.40. The van der Waals surface area contributed by atoms with E-state index in [1.165, 1.54) is 11.1 Å². The summed E-state index contributed by atoms with van der Waals surface area (Å²) in [4.78, 5) is 12.6. The Morgan fingerprint density at radius 1 is 1.00 bits per heavy atom. The highest BCUT2D eigenvalue weighted by Gasteiger charge is 2.57. The van der Waals surface area contributed by atoms with E-state index in [1.54, 1.807) is 0 Å². The Morgan fingerprint density at radius 2 is 1.58 bits per heavy atom. The zero-order valence-electron chi connectivity index (χ0n) is 15.2. The number of carbonyl (C=O) groups is 1. The van der Waals surface area contributed by atoms with E-state index in [4.69, 9.17) is 4.74 Å². The Bertz CT molecular complexity index is 683. The normalized spacial score (nSPS) is 20.9. The Labute approximate surface area is 155 Å². The van der Waals surface area contributed by atoms with Crippen LogP contribution in [0.3, 0.4) is 0 Å². The van der Waals surface area contributed by atoms with Gasteiger partial charge in [-0.3, -0.25) is 4.79 Å². The van der Waals surface area contributed by atoms with E-state index in [9.17, 15) is 4.79 Å². The number of hydrogen-bond acceptors (Lipinski definition) is 2. The minimum absolute atomic E-state index is 0.207. The fourth-order valence-electron chi connectivity index (χ4n) is 4.41.